The second-order valence-electron chi connectivity index (χ2n) is 4.77. The zero-order chi connectivity index (χ0) is 14.7. The monoisotopic (exact) mass is 276 g/mol. The molecule has 106 valence electrons. The van der Waals surface area contributed by atoms with E-state index in [-0.39, 0.29) is 24.4 Å². The highest BCUT2D eigenvalue weighted by molar-refractivity contribution is 6.11. The van der Waals surface area contributed by atoms with E-state index in [9.17, 15) is 14.4 Å². The zero-order valence-electron chi connectivity index (χ0n) is 11.4. The molecule has 5 heteroatoms. The Morgan fingerprint density at radius 1 is 1.15 bits per heavy atom. The van der Waals surface area contributed by atoms with E-state index in [1.165, 1.54) is 7.11 Å². The van der Waals surface area contributed by atoms with Gasteiger partial charge >= 0.3 is 5.97 Å². The lowest BCUT2D eigenvalue weighted by Gasteiger charge is -2.28. The van der Waals surface area contributed by atoms with E-state index in [4.69, 9.17) is 9.47 Å². The van der Waals surface area contributed by atoms with Gasteiger partial charge in [-0.1, -0.05) is 12.1 Å². The number of esters is 1. The van der Waals surface area contributed by atoms with Gasteiger partial charge < -0.3 is 9.47 Å². The molecule has 0 aliphatic heterocycles. The first-order valence-corrected chi connectivity index (χ1v) is 6.33. The molecule has 1 aliphatic rings. The Hall–Kier alpha value is -2.17. The van der Waals surface area contributed by atoms with E-state index in [0.29, 0.717) is 5.75 Å². The summed E-state index contributed by atoms with van der Waals surface area (Å²) in [7, 11) is 2.80. The second-order valence-corrected chi connectivity index (χ2v) is 4.77. The third-order valence-electron chi connectivity index (χ3n) is 3.57. The summed E-state index contributed by atoms with van der Waals surface area (Å²) in [5.74, 6) is -1.77. The Balaban J connectivity index is 2.34. The van der Waals surface area contributed by atoms with Crippen LogP contribution in [0.4, 0.5) is 0 Å². The maximum atomic E-state index is 12.0. The molecule has 1 fully saturated rings. The number of rotatable bonds is 3. The fraction of sp³-hybridized carbons (Fsp3) is 0.400. The van der Waals surface area contributed by atoms with Gasteiger partial charge in [0.2, 0.25) is 0 Å². The number of ketones is 2. The van der Waals surface area contributed by atoms with E-state index < -0.39 is 17.8 Å². The maximum Gasteiger partial charge on any atom is 0.316 e. The van der Waals surface area contributed by atoms with E-state index >= 15 is 0 Å². The minimum Gasteiger partial charge on any atom is -0.497 e. The summed E-state index contributed by atoms with van der Waals surface area (Å²) in [6, 6.07) is 7.02. The fourth-order valence-electron chi connectivity index (χ4n) is 2.55. The highest BCUT2D eigenvalue weighted by Crippen LogP contribution is 2.35. The molecule has 1 saturated carbocycles. The van der Waals surface area contributed by atoms with Crippen molar-refractivity contribution in [3.8, 4) is 5.75 Å². The number of hydrogen-bond donors (Lipinski definition) is 0. The molecular formula is C15H16O5. The van der Waals surface area contributed by atoms with E-state index in [1.54, 1.807) is 31.4 Å². The van der Waals surface area contributed by atoms with E-state index in [1.807, 2.05) is 0 Å². The Kier molecular flexibility index (Phi) is 4.17. The number of methoxy groups -OCH3 is 2. The molecule has 5 nitrogen and oxygen atoms in total. The van der Waals surface area contributed by atoms with Gasteiger partial charge in [0.25, 0.3) is 0 Å². The Bertz CT molecular complexity index is 532. The van der Waals surface area contributed by atoms with Crippen LogP contribution in [0, 0.1) is 5.92 Å². The van der Waals surface area contributed by atoms with Crippen LogP contribution in [0.25, 0.3) is 0 Å². The average molecular weight is 276 g/mol. The fourth-order valence-corrected chi connectivity index (χ4v) is 2.55. The molecule has 0 spiro atoms. The van der Waals surface area contributed by atoms with Gasteiger partial charge in [-0.2, -0.15) is 0 Å². The second kappa shape index (κ2) is 5.86. The third-order valence-corrected chi connectivity index (χ3v) is 3.57. The molecule has 2 atom stereocenters. The largest absolute Gasteiger partial charge is 0.497 e. The molecule has 1 aliphatic carbocycles. The normalized spacial score (nSPS) is 22.5. The van der Waals surface area contributed by atoms with Gasteiger partial charge in [-0.05, 0) is 17.7 Å². The molecular weight excluding hydrogens is 260 g/mol. The number of carbonyl (C=O) groups is 3. The number of carbonyl (C=O) groups excluding carboxylic acids is 3. The van der Waals surface area contributed by atoms with Gasteiger partial charge in [-0.25, -0.2) is 0 Å². The molecule has 0 saturated heterocycles. The number of Topliss-reactive ketones (excluding diaryl/α,β-unsaturated/α-hetero) is 2. The average Bonchev–Trinajstić information content (AvgIpc) is 2.46. The van der Waals surface area contributed by atoms with E-state index in [0.717, 1.165) is 5.56 Å². The van der Waals surface area contributed by atoms with Crippen molar-refractivity contribution in [1.82, 2.24) is 0 Å². The summed E-state index contributed by atoms with van der Waals surface area (Å²) in [4.78, 5) is 35.4. The molecule has 1 aromatic rings. The van der Waals surface area contributed by atoms with Crippen molar-refractivity contribution in [2.45, 2.75) is 18.8 Å². The molecule has 0 aromatic heterocycles. The van der Waals surface area contributed by atoms with Crippen LogP contribution in [0.3, 0.4) is 0 Å². The predicted molar refractivity (Wildman–Crippen MR) is 70.5 cm³/mol. The Morgan fingerprint density at radius 3 is 2.35 bits per heavy atom. The predicted octanol–water partition coefficient (Wildman–Crippen LogP) is 1.50. The topological polar surface area (TPSA) is 69.7 Å². The van der Waals surface area contributed by atoms with Crippen LogP contribution < -0.4 is 4.74 Å². The molecule has 20 heavy (non-hydrogen) atoms. The number of ether oxygens (including phenoxy) is 2. The maximum absolute atomic E-state index is 12.0. The quantitative estimate of drug-likeness (QED) is 0.618. The van der Waals surface area contributed by atoms with Crippen LogP contribution in [0.2, 0.25) is 0 Å². The third kappa shape index (κ3) is 2.71. The summed E-state index contributed by atoms with van der Waals surface area (Å²) in [5.41, 5.74) is 0.766. The summed E-state index contributed by atoms with van der Waals surface area (Å²) in [6.07, 6.45) is -0.00967. The molecule has 0 bridgehead atoms. The first-order chi connectivity index (χ1) is 9.56. The van der Waals surface area contributed by atoms with Crippen LogP contribution in [0.1, 0.15) is 24.3 Å². The molecule has 0 N–H and O–H groups in total. The lowest BCUT2D eigenvalue weighted by molar-refractivity contribution is -0.152. The van der Waals surface area contributed by atoms with Crippen molar-refractivity contribution in [2.24, 2.45) is 5.92 Å². The standard InChI is InChI=1S/C15H16O5/c1-19-11-5-3-9(4-6-11)12-7-10(16)8-13(17)14(12)15(18)20-2/h3-6,12,14H,7-8H2,1-2H3/t12-,14+/m1/s1. The van der Waals surface area contributed by atoms with Gasteiger partial charge in [-0.3, -0.25) is 14.4 Å². The number of benzene rings is 1. The summed E-state index contributed by atoms with van der Waals surface area (Å²) in [6.45, 7) is 0. The van der Waals surface area contributed by atoms with Gasteiger partial charge in [0.15, 0.2) is 5.78 Å². The molecule has 0 amide bonds. The Morgan fingerprint density at radius 2 is 1.80 bits per heavy atom. The van der Waals surface area contributed by atoms with Crippen LogP contribution in [-0.2, 0) is 19.1 Å². The van der Waals surface area contributed by atoms with Crippen LogP contribution in [-0.4, -0.2) is 31.8 Å². The summed E-state index contributed by atoms with van der Waals surface area (Å²) in [5, 5.41) is 0. The van der Waals surface area contributed by atoms with Gasteiger partial charge in [0, 0.05) is 12.3 Å². The first kappa shape index (κ1) is 14.2. The lowest BCUT2D eigenvalue weighted by Crippen LogP contribution is -2.37. The van der Waals surface area contributed by atoms with E-state index in [2.05, 4.69) is 0 Å². The first-order valence-electron chi connectivity index (χ1n) is 6.33. The van der Waals surface area contributed by atoms with Crippen LogP contribution in [0.15, 0.2) is 24.3 Å². The van der Waals surface area contributed by atoms with Gasteiger partial charge in [0.05, 0.1) is 20.6 Å². The molecule has 0 heterocycles. The molecule has 0 radical (unpaired) electrons. The minimum absolute atomic E-state index is 0.143. The van der Waals surface area contributed by atoms with Gasteiger partial charge in [-0.15, -0.1) is 0 Å². The summed E-state index contributed by atoms with van der Waals surface area (Å²) < 4.78 is 9.76. The van der Waals surface area contributed by atoms with Crippen LogP contribution in [0.5, 0.6) is 5.75 Å². The van der Waals surface area contributed by atoms with Crippen molar-refractivity contribution in [1.29, 1.82) is 0 Å². The highest BCUT2D eigenvalue weighted by atomic mass is 16.5. The Labute approximate surface area is 116 Å². The molecule has 2 rings (SSSR count). The van der Waals surface area contributed by atoms with Crippen molar-refractivity contribution in [3.05, 3.63) is 29.8 Å². The van der Waals surface area contributed by atoms with Crippen molar-refractivity contribution in [2.75, 3.05) is 14.2 Å². The van der Waals surface area contributed by atoms with Crippen molar-refractivity contribution >= 4 is 17.5 Å². The molecule has 1 aromatic carbocycles. The number of hydrogen-bond acceptors (Lipinski definition) is 5. The zero-order valence-corrected chi connectivity index (χ0v) is 11.4. The summed E-state index contributed by atoms with van der Waals surface area (Å²) >= 11 is 0. The SMILES string of the molecule is COC(=O)[C@@H]1C(=O)CC(=O)C[C@@H]1c1ccc(OC)cc1. The lowest BCUT2D eigenvalue weighted by atomic mass is 9.74. The molecule has 0 unspecified atom stereocenters. The minimum atomic E-state index is -0.897. The smallest absolute Gasteiger partial charge is 0.316 e. The van der Waals surface area contributed by atoms with Crippen molar-refractivity contribution < 1.29 is 23.9 Å². The highest BCUT2D eigenvalue weighted by Gasteiger charge is 2.42. The van der Waals surface area contributed by atoms with Crippen LogP contribution >= 0.6 is 0 Å². The van der Waals surface area contributed by atoms with Gasteiger partial charge in [0.1, 0.15) is 17.5 Å². The van der Waals surface area contributed by atoms with Crippen molar-refractivity contribution in [3.63, 3.8) is 0 Å².